The zero-order chi connectivity index (χ0) is 20.9. The fourth-order valence-corrected chi connectivity index (χ4v) is 3.63. The van der Waals surface area contributed by atoms with Gasteiger partial charge in [0.15, 0.2) is 5.78 Å². The van der Waals surface area contributed by atoms with Crippen molar-refractivity contribution in [3.8, 4) is 0 Å². The van der Waals surface area contributed by atoms with Crippen molar-refractivity contribution in [2.75, 3.05) is 6.54 Å². The molecule has 28 heavy (non-hydrogen) atoms. The molecule has 0 saturated heterocycles. The molecule has 148 valence electrons. The molecule has 2 aromatic carbocycles. The van der Waals surface area contributed by atoms with Gasteiger partial charge in [0.05, 0.1) is 11.3 Å². The summed E-state index contributed by atoms with van der Waals surface area (Å²) in [7, 11) is -3.81. The summed E-state index contributed by atoms with van der Waals surface area (Å²) in [5.41, 5.74) is 4.72. The molecule has 0 radical (unpaired) electrons. The van der Waals surface area contributed by atoms with E-state index in [2.05, 4.69) is 10.8 Å². The highest BCUT2D eigenvalue weighted by molar-refractivity contribution is 7.89. The van der Waals surface area contributed by atoms with Gasteiger partial charge in [-0.05, 0) is 73.4 Å². The maximum atomic E-state index is 12.4. The number of aryl methyl sites for hydroxylation is 3. The van der Waals surface area contributed by atoms with Crippen LogP contribution in [0.2, 0.25) is 0 Å². The van der Waals surface area contributed by atoms with E-state index in [1.165, 1.54) is 35.9 Å². The SMILES string of the molecule is Cc1cc(C)c(/C=C/C(=O)c2ccc(S(=O)(=O)NCCC(=O)O)cc2)cc1C. The van der Waals surface area contributed by atoms with Crippen LogP contribution in [-0.4, -0.2) is 31.8 Å². The van der Waals surface area contributed by atoms with Crippen molar-refractivity contribution in [2.45, 2.75) is 32.1 Å². The van der Waals surface area contributed by atoms with Crippen LogP contribution in [-0.2, 0) is 14.8 Å². The van der Waals surface area contributed by atoms with Crippen molar-refractivity contribution >= 4 is 27.9 Å². The van der Waals surface area contributed by atoms with Gasteiger partial charge in [0.2, 0.25) is 10.0 Å². The van der Waals surface area contributed by atoms with Crippen LogP contribution < -0.4 is 4.72 Å². The average Bonchev–Trinajstić information content (AvgIpc) is 2.63. The minimum Gasteiger partial charge on any atom is -0.481 e. The fourth-order valence-electron chi connectivity index (χ4n) is 2.60. The maximum Gasteiger partial charge on any atom is 0.304 e. The largest absolute Gasteiger partial charge is 0.481 e. The first-order valence-electron chi connectivity index (χ1n) is 8.72. The van der Waals surface area contributed by atoms with Crippen LogP contribution in [0.4, 0.5) is 0 Å². The quantitative estimate of drug-likeness (QED) is 0.522. The number of allylic oxidation sites excluding steroid dienone is 1. The summed E-state index contributed by atoms with van der Waals surface area (Å²) in [5.74, 6) is -1.32. The standard InChI is InChI=1S/C21H23NO5S/c1-14-12-16(3)18(13-15(14)2)6-9-20(23)17-4-7-19(8-5-17)28(26,27)22-11-10-21(24)25/h4-9,12-13,22H,10-11H2,1-3H3,(H,24,25)/b9-6+. The van der Waals surface area contributed by atoms with E-state index < -0.39 is 16.0 Å². The first kappa shape index (κ1) is 21.5. The van der Waals surface area contributed by atoms with Gasteiger partial charge in [0.25, 0.3) is 0 Å². The lowest BCUT2D eigenvalue weighted by molar-refractivity contribution is -0.136. The molecule has 0 unspecified atom stereocenters. The number of sulfonamides is 1. The minimum atomic E-state index is -3.81. The van der Waals surface area contributed by atoms with Gasteiger partial charge < -0.3 is 5.11 Å². The average molecular weight is 401 g/mol. The van der Waals surface area contributed by atoms with Crippen LogP contribution in [0.5, 0.6) is 0 Å². The summed E-state index contributed by atoms with van der Waals surface area (Å²) >= 11 is 0. The maximum absolute atomic E-state index is 12.4. The third-order valence-corrected chi connectivity index (χ3v) is 5.85. The number of nitrogens with one attached hydrogen (secondary N) is 1. The third kappa shape index (κ3) is 5.61. The van der Waals surface area contributed by atoms with Gasteiger partial charge in [-0.2, -0.15) is 0 Å². The second-order valence-corrected chi connectivity index (χ2v) is 8.32. The Bertz CT molecular complexity index is 1020. The van der Waals surface area contributed by atoms with Gasteiger partial charge >= 0.3 is 5.97 Å². The Morgan fingerprint density at radius 2 is 1.61 bits per heavy atom. The van der Waals surface area contributed by atoms with Gasteiger partial charge in [-0.25, -0.2) is 13.1 Å². The summed E-state index contributed by atoms with van der Waals surface area (Å²) in [5, 5.41) is 8.58. The van der Waals surface area contributed by atoms with Crippen molar-refractivity contribution in [2.24, 2.45) is 0 Å². The third-order valence-electron chi connectivity index (χ3n) is 4.38. The summed E-state index contributed by atoms with van der Waals surface area (Å²) < 4.78 is 26.4. The fraction of sp³-hybridized carbons (Fsp3) is 0.238. The van der Waals surface area contributed by atoms with Gasteiger partial charge in [-0.15, -0.1) is 0 Å². The molecule has 6 nitrogen and oxygen atoms in total. The highest BCUT2D eigenvalue weighted by atomic mass is 32.2. The monoisotopic (exact) mass is 401 g/mol. The Balaban J connectivity index is 2.11. The Kier molecular flexibility index (Phi) is 6.88. The second kappa shape index (κ2) is 8.95. The second-order valence-electron chi connectivity index (χ2n) is 6.56. The predicted molar refractivity (Wildman–Crippen MR) is 108 cm³/mol. The van der Waals surface area contributed by atoms with E-state index in [0.717, 1.165) is 16.7 Å². The number of carbonyl (C=O) groups excluding carboxylic acids is 1. The number of hydrogen-bond donors (Lipinski definition) is 2. The summed E-state index contributed by atoms with van der Waals surface area (Å²) in [4.78, 5) is 22.8. The zero-order valence-corrected chi connectivity index (χ0v) is 16.8. The lowest BCUT2D eigenvalue weighted by atomic mass is 10.00. The van der Waals surface area contributed by atoms with Crippen LogP contribution in [0.3, 0.4) is 0 Å². The van der Waals surface area contributed by atoms with Crippen molar-refractivity contribution in [3.63, 3.8) is 0 Å². The number of rotatable bonds is 8. The van der Waals surface area contributed by atoms with Crippen LogP contribution in [0.1, 0.15) is 39.0 Å². The number of carbonyl (C=O) groups is 2. The molecule has 0 aliphatic rings. The van der Waals surface area contributed by atoms with E-state index in [9.17, 15) is 18.0 Å². The lowest BCUT2D eigenvalue weighted by Gasteiger charge is -2.07. The van der Waals surface area contributed by atoms with Crippen LogP contribution in [0, 0.1) is 20.8 Å². The van der Waals surface area contributed by atoms with Gasteiger partial charge in [0.1, 0.15) is 0 Å². The molecule has 0 atom stereocenters. The number of benzene rings is 2. The molecule has 0 heterocycles. The van der Waals surface area contributed by atoms with E-state index in [1.807, 2.05) is 26.8 Å². The van der Waals surface area contributed by atoms with Gasteiger partial charge in [-0.1, -0.05) is 18.2 Å². The molecule has 0 amide bonds. The number of aliphatic carboxylic acids is 1. The van der Waals surface area contributed by atoms with Gasteiger partial charge in [-0.3, -0.25) is 9.59 Å². The normalized spacial score (nSPS) is 11.7. The molecular weight excluding hydrogens is 378 g/mol. The number of carboxylic acid groups (broad SMARTS) is 1. The van der Waals surface area contributed by atoms with Crippen molar-refractivity contribution in [1.29, 1.82) is 0 Å². The van der Waals surface area contributed by atoms with E-state index >= 15 is 0 Å². The summed E-state index contributed by atoms with van der Waals surface area (Å²) in [6.07, 6.45) is 2.91. The molecular formula is C21H23NO5S. The molecule has 0 bridgehead atoms. The topological polar surface area (TPSA) is 101 Å². The highest BCUT2D eigenvalue weighted by Gasteiger charge is 2.14. The van der Waals surface area contributed by atoms with E-state index in [0.29, 0.717) is 5.56 Å². The number of ketones is 1. The number of hydrogen-bond acceptors (Lipinski definition) is 4. The van der Waals surface area contributed by atoms with Crippen LogP contribution in [0.15, 0.2) is 47.4 Å². The molecule has 0 aliphatic carbocycles. The van der Waals surface area contributed by atoms with Crippen molar-refractivity contribution < 1.29 is 23.1 Å². The Morgan fingerprint density at radius 3 is 2.21 bits per heavy atom. The van der Waals surface area contributed by atoms with E-state index in [1.54, 1.807) is 6.08 Å². The van der Waals surface area contributed by atoms with E-state index in [4.69, 9.17) is 5.11 Å². The smallest absolute Gasteiger partial charge is 0.304 e. The van der Waals surface area contributed by atoms with Crippen molar-refractivity contribution in [1.82, 2.24) is 4.72 Å². The number of carboxylic acids is 1. The molecule has 0 fully saturated rings. The lowest BCUT2D eigenvalue weighted by Crippen LogP contribution is -2.26. The van der Waals surface area contributed by atoms with Crippen molar-refractivity contribution in [3.05, 3.63) is 70.3 Å². The Labute approximate surface area is 165 Å². The molecule has 0 aromatic heterocycles. The van der Waals surface area contributed by atoms with Gasteiger partial charge in [0, 0.05) is 12.1 Å². The van der Waals surface area contributed by atoms with Crippen LogP contribution in [0.25, 0.3) is 6.08 Å². The van der Waals surface area contributed by atoms with E-state index in [-0.39, 0.29) is 23.6 Å². The predicted octanol–water partition coefficient (Wildman–Crippen LogP) is 3.26. The molecule has 0 saturated carbocycles. The molecule has 0 spiro atoms. The Hall–Kier alpha value is -2.77. The highest BCUT2D eigenvalue weighted by Crippen LogP contribution is 2.17. The zero-order valence-electron chi connectivity index (χ0n) is 16.0. The summed E-state index contributed by atoms with van der Waals surface area (Å²) in [6, 6.07) is 9.61. The minimum absolute atomic E-state index is 0.0246. The first-order chi connectivity index (χ1) is 13.1. The summed E-state index contributed by atoms with van der Waals surface area (Å²) in [6.45, 7) is 5.83. The van der Waals surface area contributed by atoms with Crippen LogP contribution >= 0.6 is 0 Å². The molecule has 2 aromatic rings. The Morgan fingerprint density at radius 1 is 1.00 bits per heavy atom. The molecule has 2 N–H and O–H groups in total. The molecule has 0 aliphatic heterocycles. The molecule has 2 rings (SSSR count). The first-order valence-corrected chi connectivity index (χ1v) is 10.2. The molecule has 7 heteroatoms.